The molecule has 2 nitrogen and oxygen atoms in total. The summed E-state index contributed by atoms with van der Waals surface area (Å²) in [6.07, 6.45) is 6.41. The maximum Gasteiger partial charge on any atom is 0.254 e. The van der Waals surface area contributed by atoms with Crippen molar-refractivity contribution in [2.45, 2.75) is 27.7 Å². The maximum atomic E-state index is 2.20. The molecule has 3 aromatic rings. The summed E-state index contributed by atoms with van der Waals surface area (Å²) in [5, 5.41) is 0. The van der Waals surface area contributed by atoms with E-state index in [0.29, 0.717) is 0 Å². The summed E-state index contributed by atoms with van der Waals surface area (Å²) in [4.78, 5) is 0. The molecule has 0 unspecified atom stereocenters. The normalized spacial score (nSPS) is 10.9. The molecule has 0 N–H and O–H groups in total. The van der Waals surface area contributed by atoms with Gasteiger partial charge in [0.25, 0.3) is 6.33 Å². The molecule has 0 fully saturated rings. The quantitative estimate of drug-likeness (QED) is 0.626. The van der Waals surface area contributed by atoms with E-state index >= 15 is 0 Å². The van der Waals surface area contributed by atoms with Crippen molar-refractivity contribution >= 4 is 0 Å². The van der Waals surface area contributed by atoms with E-state index in [0.717, 1.165) is 0 Å². The molecule has 1 aromatic heterocycles. The lowest BCUT2D eigenvalue weighted by molar-refractivity contribution is -0.595. The van der Waals surface area contributed by atoms with Crippen LogP contribution >= 0.6 is 0 Å². The summed E-state index contributed by atoms with van der Waals surface area (Å²) in [5.41, 5.74) is 7.70. The highest BCUT2D eigenvalue weighted by Crippen LogP contribution is 2.19. The number of rotatable bonds is 2. The third-order valence-corrected chi connectivity index (χ3v) is 4.03. The fraction of sp³-hybridized carbons (Fsp3) is 0.211. The zero-order chi connectivity index (χ0) is 15.0. The van der Waals surface area contributed by atoms with Gasteiger partial charge in [-0.15, -0.1) is 0 Å². The molecule has 0 aliphatic heterocycles. The molecule has 0 radical (unpaired) electrons. The Morgan fingerprint density at radius 2 is 1.29 bits per heavy atom. The van der Waals surface area contributed by atoms with Gasteiger partial charge in [-0.05, 0) is 49.9 Å². The van der Waals surface area contributed by atoms with E-state index in [4.69, 9.17) is 0 Å². The molecular weight excluding hydrogens is 256 g/mol. The van der Waals surface area contributed by atoms with E-state index in [9.17, 15) is 0 Å². The largest absolute Gasteiger partial charge is 0.254 e. The van der Waals surface area contributed by atoms with Crippen LogP contribution < -0.4 is 4.57 Å². The van der Waals surface area contributed by atoms with E-state index in [1.807, 2.05) is 0 Å². The molecule has 0 saturated heterocycles. The molecule has 2 aromatic carbocycles. The van der Waals surface area contributed by atoms with Gasteiger partial charge >= 0.3 is 0 Å². The van der Waals surface area contributed by atoms with Gasteiger partial charge in [0.15, 0.2) is 0 Å². The minimum atomic E-state index is 1.27. The second-order valence-electron chi connectivity index (χ2n) is 5.71. The minimum absolute atomic E-state index is 1.27. The molecule has 0 aliphatic carbocycles. The zero-order valence-corrected chi connectivity index (χ0v) is 13.1. The Hall–Kier alpha value is -2.35. The van der Waals surface area contributed by atoms with E-state index in [1.165, 1.54) is 33.6 Å². The third-order valence-electron chi connectivity index (χ3n) is 4.03. The Morgan fingerprint density at radius 3 is 1.86 bits per heavy atom. The molecule has 0 atom stereocenters. The van der Waals surface area contributed by atoms with E-state index in [-0.39, 0.29) is 0 Å². The van der Waals surface area contributed by atoms with Gasteiger partial charge in [0.2, 0.25) is 0 Å². The van der Waals surface area contributed by atoms with E-state index in [2.05, 4.69) is 91.9 Å². The second kappa shape index (κ2) is 5.21. The Bertz CT molecular complexity index is 691. The summed E-state index contributed by atoms with van der Waals surface area (Å²) in [6.45, 7) is 8.63. The fourth-order valence-corrected chi connectivity index (χ4v) is 3.05. The van der Waals surface area contributed by atoms with Gasteiger partial charge in [0, 0.05) is 0 Å². The highest BCUT2D eigenvalue weighted by Gasteiger charge is 2.15. The highest BCUT2D eigenvalue weighted by molar-refractivity contribution is 5.47. The number of nitrogens with zero attached hydrogens (tertiary/aromatic N) is 2. The number of hydrogen-bond acceptors (Lipinski definition) is 0. The summed E-state index contributed by atoms with van der Waals surface area (Å²) < 4.78 is 4.41. The number of benzene rings is 2. The van der Waals surface area contributed by atoms with E-state index < -0.39 is 0 Å². The molecule has 0 amide bonds. The molecule has 21 heavy (non-hydrogen) atoms. The van der Waals surface area contributed by atoms with Crippen LogP contribution in [0.25, 0.3) is 11.4 Å². The van der Waals surface area contributed by atoms with Crippen LogP contribution in [-0.4, -0.2) is 4.57 Å². The van der Waals surface area contributed by atoms with Gasteiger partial charge in [-0.1, -0.05) is 36.4 Å². The van der Waals surface area contributed by atoms with Gasteiger partial charge in [-0.3, -0.25) is 0 Å². The highest BCUT2D eigenvalue weighted by atomic mass is 15.1. The third kappa shape index (κ3) is 2.38. The number of aryl methyl sites for hydroxylation is 4. The zero-order valence-electron chi connectivity index (χ0n) is 13.1. The van der Waals surface area contributed by atoms with Crippen LogP contribution in [0, 0.1) is 27.7 Å². The van der Waals surface area contributed by atoms with Crippen molar-refractivity contribution in [1.82, 2.24) is 4.57 Å². The average Bonchev–Trinajstić information content (AvgIpc) is 2.87. The lowest BCUT2D eigenvalue weighted by Crippen LogP contribution is -2.30. The van der Waals surface area contributed by atoms with Gasteiger partial charge in [-0.25, -0.2) is 9.13 Å². The molecule has 3 rings (SSSR count). The number of imidazole rings is 1. The molecule has 106 valence electrons. The molecule has 0 saturated carbocycles. The lowest BCUT2D eigenvalue weighted by Gasteiger charge is -2.06. The SMILES string of the molecule is Cc1cccc(C)c1-n1cc[n+](-c2c(C)cccc2C)c1. The van der Waals surface area contributed by atoms with Gasteiger partial charge in [-0.2, -0.15) is 0 Å². The number of para-hydroxylation sites is 2. The number of aromatic nitrogens is 2. The summed E-state index contributed by atoms with van der Waals surface area (Å²) in [6, 6.07) is 12.9. The first-order chi connectivity index (χ1) is 10.1. The van der Waals surface area contributed by atoms with Crippen molar-refractivity contribution in [3.8, 4) is 11.4 Å². The fourth-order valence-electron chi connectivity index (χ4n) is 3.05. The second-order valence-corrected chi connectivity index (χ2v) is 5.71. The first-order valence-corrected chi connectivity index (χ1v) is 7.30. The number of hydrogen-bond donors (Lipinski definition) is 0. The predicted molar refractivity (Wildman–Crippen MR) is 86.2 cm³/mol. The predicted octanol–water partition coefficient (Wildman–Crippen LogP) is 3.99. The smallest absolute Gasteiger partial charge is 0.202 e. The van der Waals surface area contributed by atoms with Crippen LogP contribution in [0.5, 0.6) is 0 Å². The van der Waals surface area contributed by atoms with Crippen molar-refractivity contribution in [1.29, 1.82) is 0 Å². The van der Waals surface area contributed by atoms with Crippen LogP contribution in [-0.2, 0) is 0 Å². The summed E-state index contributed by atoms with van der Waals surface area (Å²) >= 11 is 0. The van der Waals surface area contributed by atoms with Gasteiger partial charge < -0.3 is 0 Å². The molecule has 0 aliphatic rings. The van der Waals surface area contributed by atoms with Crippen LogP contribution in [0.15, 0.2) is 55.1 Å². The monoisotopic (exact) mass is 277 g/mol. The Kier molecular flexibility index (Phi) is 3.38. The van der Waals surface area contributed by atoms with Crippen molar-refractivity contribution < 1.29 is 4.57 Å². The lowest BCUT2D eigenvalue weighted by atomic mass is 10.1. The van der Waals surface area contributed by atoms with Crippen LogP contribution in [0.2, 0.25) is 0 Å². The van der Waals surface area contributed by atoms with Crippen LogP contribution in [0.4, 0.5) is 0 Å². The Morgan fingerprint density at radius 1 is 0.762 bits per heavy atom. The Labute approximate surface area is 126 Å². The molecule has 0 spiro atoms. The summed E-state index contributed by atoms with van der Waals surface area (Å²) in [7, 11) is 0. The molecule has 0 bridgehead atoms. The van der Waals surface area contributed by atoms with Gasteiger partial charge in [0.1, 0.15) is 23.8 Å². The van der Waals surface area contributed by atoms with Gasteiger partial charge in [0.05, 0.1) is 0 Å². The molecular formula is C19H21N2+. The van der Waals surface area contributed by atoms with Crippen molar-refractivity contribution in [2.24, 2.45) is 0 Å². The van der Waals surface area contributed by atoms with Crippen molar-refractivity contribution in [2.75, 3.05) is 0 Å². The summed E-state index contributed by atoms with van der Waals surface area (Å²) in [5.74, 6) is 0. The topological polar surface area (TPSA) is 8.81 Å². The standard InChI is InChI=1S/C19H21N2/c1-14-7-5-8-15(2)18(14)20-11-12-21(13-20)19-16(3)9-6-10-17(19)4/h5-13H,1-4H3/q+1. The average molecular weight is 277 g/mol. The van der Waals surface area contributed by atoms with Crippen molar-refractivity contribution in [3.63, 3.8) is 0 Å². The minimum Gasteiger partial charge on any atom is -0.202 e. The van der Waals surface area contributed by atoms with Crippen molar-refractivity contribution in [3.05, 3.63) is 77.4 Å². The van der Waals surface area contributed by atoms with E-state index in [1.54, 1.807) is 0 Å². The van der Waals surface area contributed by atoms with Crippen LogP contribution in [0.1, 0.15) is 22.3 Å². The molecule has 1 heterocycles. The maximum absolute atomic E-state index is 2.20. The molecule has 2 heteroatoms. The first-order valence-electron chi connectivity index (χ1n) is 7.30. The first kappa shape index (κ1) is 13.6. The van der Waals surface area contributed by atoms with Crippen LogP contribution in [0.3, 0.4) is 0 Å². The Balaban J connectivity index is 2.13.